The Balaban J connectivity index is 3.28. The highest BCUT2D eigenvalue weighted by Crippen LogP contribution is 2.27. The Morgan fingerprint density at radius 2 is 2.23 bits per heavy atom. The minimum Gasteiger partial charge on any atom is -0.355 e. The summed E-state index contributed by atoms with van der Waals surface area (Å²) in [5.74, 6) is -0.917. The molecule has 1 rings (SSSR count). The second-order valence-electron chi connectivity index (χ2n) is 2.33. The van der Waals surface area contributed by atoms with Crippen molar-refractivity contribution >= 4 is 33.4 Å². The summed E-state index contributed by atoms with van der Waals surface area (Å²) in [5, 5.41) is 2.57. The van der Waals surface area contributed by atoms with Gasteiger partial charge in [0, 0.05) is 11.5 Å². The second-order valence-corrected chi connectivity index (χ2v) is 3.56. The maximum atomic E-state index is 12.8. The Labute approximate surface area is 88.2 Å². The number of carbonyl (C=O) groups excluding carboxylic acids is 1. The summed E-state index contributed by atoms with van der Waals surface area (Å²) in [4.78, 5) is 11.2. The molecule has 1 N–H and O–H groups in total. The monoisotopic (exact) mass is 265 g/mol. The van der Waals surface area contributed by atoms with E-state index in [9.17, 15) is 9.18 Å². The van der Waals surface area contributed by atoms with Gasteiger partial charge in [0.2, 0.25) is 0 Å². The average Bonchev–Trinajstić information content (AvgIpc) is 2.10. The molecule has 1 amide bonds. The van der Waals surface area contributed by atoms with Crippen LogP contribution in [0.2, 0.25) is 5.02 Å². The third-order valence-electron chi connectivity index (χ3n) is 1.46. The van der Waals surface area contributed by atoms with E-state index in [1.807, 2.05) is 0 Å². The SMILES string of the molecule is CNC(=O)c1cc(F)cc(Br)c1Cl. The number of halogens is 3. The minimum absolute atomic E-state index is 0.121. The van der Waals surface area contributed by atoms with E-state index in [0.29, 0.717) is 4.47 Å². The first-order valence-electron chi connectivity index (χ1n) is 3.43. The zero-order chi connectivity index (χ0) is 10.0. The van der Waals surface area contributed by atoms with Gasteiger partial charge in [-0.25, -0.2) is 4.39 Å². The summed E-state index contributed by atoms with van der Waals surface area (Å²) in [6.07, 6.45) is 0. The summed E-state index contributed by atoms with van der Waals surface area (Å²) in [7, 11) is 1.46. The normalized spacial score (nSPS) is 9.85. The third kappa shape index (κ3) is 2.19. The van der Waals surface area contributed by atoms with Crippen molar-refractivity contribution in [1.29, 1.82) is 0 Å². The first-order chi connectivity index (χ1) is 6.06. The lowest BCUT2D eigenvalue weighted by atomic mass is 10.2. The summed E-state index contributed by atoms with van der Waals surface area (Å²) >= 11 is 8.81. The molecule has 0 radical (unpaired) electrons. The highest BCUT2D eigenvalue weighted by atomic mass is 79.9. The van der Waals surface area contributed by atoms with Gasteiger partial charge in [-0.3, -0.25) is 4.79 Å². The van der Waals surface area contributed by atoms with Crippen molar-refractivity contribution < 1.29 is 9.18 Å². The molecular formula is C8H6BrClFNO. The molecular weight excluding hydrogens is 260 g/mol. The van der Waals surface area contributed by atoms with E-state index in [2.05, 4.69) is 21.2 Å². The highest BCUT2D eigenvalue weighted by Gasteiger charge is 2.12. The fourth-order valence-electron chi connectivity index (χ4n) is 0.856. The molecule has 70 valence electrons. The number of nitrogens with one attached hydrogen (secondary N) is 1. The van der Waals surface area contributed by atoms with Crippen molar-refractivity contribution in [2.45, 2.75) is 0 Å². The van der Waals surface area contributed by atoms with E-state index in [-0.39, 0.29) is 10.6 Å². The van der Waals surface area contributed by atoms with Crippen LogP contribution in [0.25, 0.3) is 0 Å². The Hall–Kier alpha value is -0.610. The largest absolute Gasteiger partial charge is 0.355 e. The molecule has 0 saturated heterocycles. The molecule has 0 fully saturated rings. The van der Waals surface area contributed by atoms with E-state index in [4.69, 9.17) is 11.6 Å². The molecule has 0 unspecified atom stereocenters. The lowest BCUT2D eigenvalue weighted by Crippen LogP contribution is -2.18. The Kier molecular flexibility index (Phi) is 3.27. The standard InChI is InChI=1S/C8H6BrClFNO/c1-12-8(13)5-2-4(11)3-6(9)7(5)10/h2-3H,1H3,(H,12,13). The van der Waals surface area contributed by atoms with Crippen molar-refractivity contribution in [3.05, 3.63) is 33.0 Å². The second kappa shape index (κ2) is 4.07. The summed E-state index contributed by atoms with van der Waals surface area (Å²) < 4.78 is 13.2. The van der Waals surface area contributed by atoms with Crippen molar-refractivity contribution in [3.63, 3.8) is 0 Å². The van der Waals surface area contributed by atoms with Crippen molar-refractivity contribution in [2.24, 2.45) is 0 Å². The van der Waals surface area contributed by atoms with Gasteiger partial charge in [-0.15, -0.1) is 0 Å². The quantitative estimate of drug-likeness (QED) is 0.778. The van der Waals surface area contributed by atoms with Crippen LogP contribution in [-0.4, -0.2) is 13.0 Å². The van der Waals surface area contributed by atoms with Crippen LogP contribution in [0.15, 0.2) is 16.6 Å². The van der Waals surface area contributed by atoms with Gasteiger partial charge >= 0.3 is 0 Å². The Bertz CT molecular complexity index is 356. The van der Waals surface area contributed by atoms with E-state index in [0.717, 1.165) is 6.07 Å². The van der Waals surface area contributed by atoms with Crippen LogP contribution < -0.4 is 5.32 Å². The van der Waals surface area contributed by atoms with Gasteiger partial charge in [0.1, 0.15) is 5.82 Å². The summed E-state index contributed by atoms with van der Waals surface area (Å²) in [6.45, 7) is 0. The molecule has 0 aliphatic heterocycles. The topological polar surface area (TPSA) is 29.1 Å². The first-order valence-corrected chi connectivity index (χ1v) is 4.60. The van der Waals surface area contributed by atoms with Crippen molar-refractivity contribution in [3.8, 4) is 0 Å². The van der Waals surface area contributed by atoms with Crippen LogP contribution in [-0.2, 0) is 0 Å². The number of amides is 1. The predicted octanol–water partition coefficient (Wildman–Crippen LogP) is 2.60. The van der Waals surface area contributed by atoms with Gasteiger partial charge < -0.3 is 5.32 Å². The smallest absolute Gasteiger partial charge is 0.252 e. The van der Waals surface area contributed by atoms with Gasteiger partial charge in [-0.2, -0.15) is 0 Å². The number of benzene rings is 1. The van der Waals surface area contributed by atoms with E-state index in [1.165, 1.54) is 13.1 Å². The molecule has 1 aromatic rings. The molecule has 5 heteroatoms. The number of carbonyl (C=O) groups is 1. The zero-order valence-corrected chi connectivity index (χ0v) is 9.04. The average molecular weight is 266 g/mol. The van der Waals surface area contributed by atoms with Crippen LogP contribution in [0, 0.1) is 5.82 Å². The lowest BCUT2D eigenvalue weighted by Gasteiger charge is -2.04. The van der Waals surface area contributed by atoms with Crippen molar-refractivity contribution in [1.82, 2.24) is 5.32 Å². The molecule has 0 aliphatic carbocycles. The Morgan fingerprint density at radius 3 is 2.77 bits per heavy atom. The van der Waals surface area contributed by atoms with Gasteiger partial charge in [-0.05, 0) is 28.1 Å². The zero-order valence-electron chi connectivity index (χ0n) is 6.70. The number of hydrogen-bond acceptors (Lipinski definition) is 1. The molecule has 0 heterocycles. The molecule has 1 aromatic carbocycles. The first kappa shape index (κ1) is 10.5. The van der Waals surface area contributed by atoms with E-state index in [1.54, 1.807) is 0 Å². The molecule has 0 saturated carbocycles. The van der Waals surface area contributed by atoms with Crippen LogP contribution >= 0.6 is 27.5 Å². The fourth-order valence-corrected chi connectivity index (χ4v) is 1.48. The number of hydrogen-bond donors (Lipinski definition) is 1. The fraction of sp³-hybridized carbons (Fsp3) is 0.125. The van der Waals surface area contributed by atoms with Crippen LogP contribution in [0.3, 0.4) is 0 Å². The predicted molar refractivity (Wildman–Crippen MR) is 52.5 cm³/mol. The van der Waals surface area contributed by atoms with Crippen LogP contribution in [0.5, 0.6) is 0 Å². The van der Waals surface area contributed by atoms with Gasteiger partial charge in [0.15, 0.2) is 0 Å². The maximum absolute atomic E-state index is 12.8. The summed E-state index contributed by atoms with van der Waals surface area (Å²) in [6, 6.07) is 2.29. The third-order valence-corrected chi connectivity index (χ3v) is 2.73. The van der Waals surface area contributed by atoms with Gasteiger partial charge in [0.25, 0.3) is 5.91 Å². The molecule has 2 nitrogen and oxygen atoms in total. The molecule has 0 atom stereocenters. The molecule has 0 spiro atoms. The molecule has 13 heavy (non-hydrogen) atoms. The Morgan fingerprint density at radius 1 is 1.62 bits per heavy atom. The van der Waals surface area contributed by atoms with Crippen LogP contribution in [0.1, 0.15) is 10.4 Å². The summed E-state index contributed by atoms with van der Waals surface area (Å²) in [5.41, 5.74) is 0.121. The van der Waals surface area contributed by atoms with Gasteiger partial charge in [-0.1, -0.05) is 11.6 Å². The highest BCUT2D eigenvalue weighted by molar-refractivity contribution is 9.10. The molecule has 0 aromatic heterocycles. The molecule has 0 bridgehead atoms. The van der Waals surface area contributed by atoms with E-state index < -0.39 is 11.7 Å². The minimum atomic E-state index is -0.505. The van der Waals surface area contributed by atoms with Crippen molar-refractivity contribution in [2.75, 3.05) is 7.05 Å². The molecule has 0 aliphatic rings. The van der Waals surface area contributed by atoms with Crippen LogP contribution in [0.4, 0.5) is 4.39 Å². The van der Waals surface area contributed by atoms with Gasteiger partial charge in [0.05, 0.1) is 10.6 Å². The maximum Gasteiger partial charge on any atom is 0.252 e. The lowest BCUT2D eigenvalue weighted by molar-refractivity contribution is 0.0962. The van der Waals surface area contributed by atoms with E-state index >= 15 is 0 Å². The number of rotatable bonds is 1.